The summed E-state index contributed by atoms with van der Waals surface area (Å²) in [7, 11) is 1.62. The van der Waals surface area contributed by atoms with E-state index in [9.17, 15) is 4.79 Å². The normalized spacial score (nSPS) is 19.8. The van der Waals surface area contributed by atoms with Crippen LogP contribution >= 0.6 is 0 Å². The highest BCUT2D eigenvalue weighted by Gasteiger charge is 2.23. The molecule has 0 bridgehead atoms. The van der Waals surface area contributed by atoms with Gasteiger partial charge in [-0.2, -0.15) is 0 Å². The Balaban J connectivity index is 2.47. The number of carbonyl (C=O) groups is 1. The molecule has 1 aliphatic carbocycles. The number of nitrogens with zero attached hydrogens (tertiary/aromatic N) is 1. The first-order valence-electron chi connectivity index (χ1n) is 5.83. The zero-order valence-electron chi connectivity index (χ0n) is 9.89. The van der Waals surface area contributed by atoms with Gasteiger partial charge in [0.2, 0.25) is 5.91 Å². The lowest BCUT2D eigenvalue weighted by molar-refractivity contribution is -0.137. The largest absolute Gasteiger partial charge is 0.395 e. The number of carbonyl (C=O) groups excluding carboxylic acids is 1. The van der Waals surface area contributed by atoms with Gasteiger partial charge in [0.15, 0.2) is 0 Å². The van der Waals surface area contributed by atoms with Crippen LogP contribution in [0.5, 0.6) is 0 Å². The third kappa shape index (κ3) is 3.94. The highest BCUT2D eigenvalue weighted by Crippen LogP contribution is 2.20. The second-order valence-corrected chi connectivity index (χ2v) is 4.02. The third-order valence-electron chi connectivity index (χ3n) is 2.87. The number of aliphatic hydroxyl groups excluding tert-OH is 1. The van der Waals surface area contributed by atoms with Crippen LogP contribution in [0.3, 0.4) is 0 Å². The average Bonchev–Trinajstić information content (AvgIpc) is 2.35. The highest BCUT2D eigenvalue weighted by atomic mass is 16.5. The zero-order chi connectivity index (χ0) is 11.8. The van der Waals surface area contributed by atoms with Gasteiger partial charge < -0.3 is 14.7 Å². The van der Waals surface area contributed by atoms with Crippen LogP contribution in [0.15, 0.2) is 12.2 Å². The number of hydrogen-bond acceptors (Lipinski definition) is 3. The van der Waals surface area contributed by atoms with Gasteiger partial charge in [0.25, 0.3) is 0 Å². The number of aliphatic hydroxyl groups is 1. The van der Waals surface area contributed by atoms with E-state index in [4.69, 9.17) is 9.84 Å². The van der Waals surface area contributed by atoms with Gasteiger partial charge in [0, 0.05) is 26.1 Å². The predicted molar refractivity (Wildman–Crippen MR) is 62.0 cm³/mol. The molecule has 0 saturated carbocycles. The molecule has 1 amide bonds. The molecule has 4 nitrogen and oxygen atoms in total. The standard InChI is InChI=1S/C12H21NO3/c1-16-10-8-13(7-9-14)12(15)11-5-3-2-4-6-11/h2-3,11,14H,4-10H2,1H3. The molecule has 1 N–H and O–H groups in total. The van der Waals surface area contributed by atoms with Gasteiger partial charge in [-0.05, 0) is 19.3 Å². The topological polar surface area (TPSA) is 49.8 Å². The van der Waals surface area contributed by atoms with Crippen molar-refractivity contribution < 1.29 is 14.6 Å². The molecule has 0 aromatic rings. The fourth-order valence-corrected chi connectivity index (χ4v) is 1.93. The molecule has 0 aromatic heterocycles. The Morgan fingerprint density at radius 1 is 1.50 bits per heavy atom. The first kappa shape index (κ1) is 13.2. The summed E-state index contributed by atoms with van der Waals surface area (Å²) in [6.45, 7) is 1.50. The molecule has 1 aliphatic rings. The number of hydrogen-bond donors (Lipinski definition) is 1. The molecule has 0 aliphatic heterocycles. The summed E-state index contributed by atoms with van der Waals surface area (Å²) in [4.78, 5) is 13.8. The van der Waals surface area contributed by atoms with E-state index in [0.29, 0.717) is 19.7 Å². The van der Waals surface area contributed by atoms with Crippen molar-refractivity contribution in [3.63, 3.8) is 0 Å². The van der Waals surface area contributed by atoms with Crippen LogP contribution in [0.25, 0.3) is 0 Å². The molecule has 0 fully saturated rings. The Morgan fingerprint density at radius 3 is 2.88 bits per heavy atom. The Morgan fingerprint density at radius 2 is 2.31 bits per heavy atom. The summed E-state index contributed by atoms with van der Waals surface area (Å²) < 4.78 is 4.97. The smallest absolute Gasteiger partial charge is 0.226 e. The number of methoxy groups -OCH3 is 1. The van der Waals surface area contributed by atoms with E-state index in [1.165, 1.54) is 0 Å². The minimum absolute atomic E-state index is 0.0119. The summed E-state index contributed by atoms with van der Waals surface area (Å²) >= 11 is 0. The Bertz CT molecular complexity index is 240. The van der Waals surface area contributed by atoms with Crippen LogP contribution < -0.4 is 0 Å². The minimum atomic E-state index is 0.0119. The maximum Gasteiger partial charge on any atom is 0.226 e. The molecule has 0 heterocycles. The SMILES string of the molecule is COCCN(CCO)C(=O)C1CC=CCC1. The zero-order valence-corrected chi connectivity index (χ0v) is 9.89. The van der Waals surface area contributed by atoms with Gasteiger partial charge in [-0.3, -0.25) is 4.79 Å². The molecule has 0 saturated heterocycles. The highest BCUT2D eigenvalue weighted by molar-refractivity contribution is 5.79. The molecule has 4 heteroatoms. The molecule has 92 valence electrons. The molecule has 1 atom stereocenters. The number of allylic oxidation sites excluding steroid dienone is 2. The van der Waals surface area contributed by atoms with E-state index in [1.54, 1.807) is 12.0 Å². The molecular weight excluding hydrogens is 206 g/mol. The van der Waals surface area contributed by atoms with Crippen molar-refractivity contribution in [2.75, 3.05) is 33.4 Å². The fraction of sp³-hybridized carbons (Fsp3) is 0.750. The Kier molecular flexibility index (Phi) is 6.11. The average molecular weight is 227 g/mol. The predicted octanol–water partition coefficient (Wildman–Crippen LogP) is 0.810. The van der Waals surface area contributed by atoms with E-state index < -0.39 is 0 Å². The van der Waals surface area contributed by atoms with Crippen LogP contribution in [0.2, 0.25) is 0 Å². The maximum atomic E-state index is 12.1. The maximum absolute atomic E-state index is 12.1. The monoisotopic (exact) mass is 227 g/mol. The summed E-state index contributed by atoms with van der Waals surface area (Å²) in [5.74, 6) is 0.240. The lowest BCUT2D eigenvalue weighted by atomic mass is 9.93. The number of rotatable bonds is 6. The van der Waals surface area contributed by atoms with Crippen LogP contribution in [-0.2, 0) is 9.53 Å². The van der Waals surface area contributed by atoms with E-state index in [1.807, 2.05) is 0 Å². The van der Waals surface area contributed by atoms with Crippen molar-refractivity contribution in [3.8, 4) is 0 Å². The van der Waals surface area contributed by atoms with Gasteiger partial charge >= 0.3 is 0 Å². The Labute approximate surface area is 96.9 Å². The first-order chi connectivity index (χ1) is 7.79. The van der Waals surface area contributed by atoms with Crippen LogP contribution in [0, 0.1) is 5.92 Å². The number of ether oxygens (including phenoxy) is 1. The van der Waals surface area contributed by atoms with Crippen LogP contribution in [0.4, 0.5) is 0 Å². The minimum Gasteiger partial charge on any atom is -0.395 e. The first-order valence-corrected chi connectivity index (χ1v) is 5.83. The van der Waals surface area contributed by atoms with Crippen molar-refractivity contribution in [1.29, 1.82) is 0 Å². The van der Waals surface area contributed by atoms with E-state index in [-0.39, 0.29) is 18.4 Å². The van der Waals surface area contributed by atoms with Gasteiger partial charge in [-0.25, -0.2) is 0 Å². The molecule has 0 aromatic carbocycles. The second-order valence-electron chi connectivity index (χ2n) is 4.02. The summed E-state index contributed by atoms with van der Waals surface area (Å²) in [6, 6.07) is 0. The van der Waals surface area contributed by atoms with Gasteiger partial charge in [0.05, 0.1) is 13.2 Å². The van der Waals surface area contributed by atoms with Crippen molar-refractivity contribution >= 4 is 5.91 Å². The molecule has 0 spiro atoms. The Hall–Kier alpha value is -0.870. The van der Waals surface area contributed by atoms with Crippen molar-refractivity contribution in [2.45, 2.75) is 19.3 Å². The van der Waals surface area contributed by atoms with Crippen molar-refractivity contribution in [3.05, 3.63) is 12.2 Å². The van der Waals surface area contributed by atoms with Crippen molar-refractivity contribution in [2.24, 2.45) is 5.92 Å². The quantitative estimate of drug-likeness (QED) is 0.683. The third-order valence-corrected chi connectivity index (χ3v) is 2.87. The van der Waals surface area contributed by atoms with Gasteiger partial charge in [-0.1, -0.05) is 12.2 Å². The molecule has 16 heavy (non-hydrogen) atoms. The molecular formula is C12H21NO3. The van der Waals surface area contributed by atoms with Crippen molar-refractivity contribution in [1.82, 2.24) is 4.90 Å². The number of amides is 1. The lowest BCUT2D eigenvalue weighted by Crippen LogP contribution is -2.40. The second kappa shape index (κ2) is 7.41. The summed E-state index contributed by atoms with van der Waals surface area (Å²) in [6.07, 6.45) is 6.92. The van der Waals surface area contributed by atoms with Gasteiger partial charge in [-0.15, -0.1) is 0 Å². The lowest BCUT2D eigenvalue weighted by Gasteiger charge is -2.27. The van der Waals surface area contributed by atoms with E-state index >= 15 is 0 Å². The molecule has 1 rings (SSSR count). The van der Waals surface area contributed by atoms with E-state index in [0.717, 1.165) is 19.3 Å². The van der Waals surface area contributed by atoms with Crippen LogP contribution in [-0.4, -0.2) is 49.3 Å². The molecule has 1 unspecified atom stereocenters. The fourth-order valence-electron chi connectivity index (χ4n) is 1.93. The summed E-state index contributed by atoms with van der Waals surface area (Å²) in [5, 5.41) is 8.93. The van der Waals surface area contributed by atoms with Gasteiger partial charge in [0.1, 0.15) is 0 Å². The van der Waals surface area contributed by atoms with E-state index in [2.05, 4.69) is 12.2 Å². The molecule has 0 radical (unpaired) electrons. The summed E-state index contributed by atoms with van der Waals surface area (Å²) in [5.41, 5.74) is 0. The van der Waals surface area contributed by atoms with Crippen LogP contribution in [0.1, 0.15) is 19.3 Å².